The zero-order valence-corrected chi connectivity index (χ0v) is 14.3. The molecule has 4 rings (SSSR count). The molecule has 0 unspecified atom stereocenters. The standard InChI is InChI=1S/C20H23N3O2/c24-19(20(9-4-10-20)16-5-2-1-3-6-16)22-17-7-8-18(21-15-17)23-11-13-25-14-12-23/h1-3,5-8,15H,4,9-14H2,(H,22,24). The molecule has 130 valence electrons. The molecule has 0 bridgehead atoms. The molecule has 0 spiro atoms. The number of carbonyl (C=O) groups excluding carboxylic acids is 1. The van der Waals surface area contributed by atoms with Crippen LogP contribution in [0.2, 0.25) is 0 Å². The summed E-state index contributed by atoms with van der Waals surface area (Å²) >= 11 is 0. The van der Waals surface area contributed by atoms with Gasteiger partial charge >= 0.3 is 0 Å². The van der Waals surface area contributed by atoms with Gasteiger partial charge in [-0.1, -0.05) is 36.8 Å². The van der Waals surface area contributed by atoms with Crippen molar-refractivity contribution in [3.8, 4) is 0 Å². The van der Waals surface area contributed by atoms with E-state index in [4.69, 9.17) is 4.74 Å². The van der Waals surface area contributed by atoms with Crippen molar-refractivity contribution in [2.24, 2.45) is 0 Å². The number of carbonyl (C=O) groups is 1. The van der Waals surface area contributed by atoms with Gasteiger partial charge in [0, 0.05) is 13.1 Å². The number of aromatic nitrogens is 1. The maximum Gasteiger partial charge on any atom is 0.235 e. The highest BCUT2D eigenvalue weighted by atomic mass is 16.5. The monoisotopic (exact) mass is 337 g/mol. The second kappa shape index (κ2) is 6.84. The minimum Gasteiger partial charge on any atom is -0.378 e. The van der Waals surface area contributed by atoms with E-state index >= 15 is 0 Å². The number of rotatable bonds is 4. The van der Waals surface area contributed by atoms with Gasteiger partial charge in [0.15, 0.2) is 0 Å². The molecule has 0 radical (unpaired) electrons. The molecule has 1 aromatic heterocycles. The van der Waals surface area contributed by atoms with Crippen molar-refractivity contribution in [2.45, 2.75) is 24.7 Å². The van der Waals surface area contributed by atoms with Gasteiger partial charge < -0.3 is 15.0 Å². The van der Waals surface area contributed by atoms with Gasteiger partial charge in [0.1, 0.15) is 5.82 Å². The number of benzene rings is 1. The van der Waals surface area contributed by atoms with Gasteiger partial charge in [-0.15, -0.1) is 0 Å². The quantitative estimate of drug-likeness (QED) is 0.932. The molecule has 2 aromatic rings. The summed E-state index contributed by atoms with van der Waals surface area (Å²) in [6.45, 7) is 3.19. The first-order chi connectivity index (χ1) is 12.3. The zero-order chi connectivity index (χ0) is 17.1. The van der Waals surface area contributed by atoms with Crippen LogP contribution in [0.25, 0.3) is 0 Å². The first kappa shape index (κ1) is 16.1. The number of ether oxygens (including phenoxy) is 1. The summed E-state index contributed by atoms with van der Waals surface area (Å²) in [4.78, 5) is 19.6. The van der Waals surface area contributed by atoms with Gasteiger partial charge in [-0.2, -0.15) is 0 Å². The van der Waals surface area contributed by atoms with Crippen LogP contribution in [0.1, 0.15) is 24.8 Å². The molecule has 5 nitrogen and oxygen atoms in total. The maximum absolute atomic E-state index is 12.9. The van der Waals surface area contributed by atoms with Crippen LogP contribution in [0.5, 0.6) is 0 Å². The minimum atomic E-state index is -0.385. The van der Waals surface area contributed by atoms with Crippen LogP contribution in [0.4, 0.5) is 11.5 Å². The smallest absolute Gasteiger partial charge is 0.235 e. The third kappa shape index (κ3) is 3.12. The van der Waals surface area contributed by atoms with Gasteiger partial charge in [0.25, 0.3) is 0 Å². The van der Waals surface area contributed by atoms with E-state index < -0.39 is 0 Å². The third-order valence-electron chi connectivity index (χ3n) is 5.31. The van der Waals surface area contributed by atoms with E-state index in [1.165, 1.54) is 0 Å². The van der Waals surface area contributed by atoms with Crippen molar-refractivity contribution < 1.29 is 9.53 Å². The van der Waals surface area contributed by atoms with E-state index in [1.807, 2.05) is 30.3 Å². The number of nitrogens with one attached hydrogen (secondary N) is 1. The van der Waals surface area contributed by atoms with Crippen LogP contribution in [0, 0.1) is 0 Å². The Kier molecular flexibility index (Phi) is 4.40. The van der Waals surface area contributed by atoms with Gasteiger partial charge in [0.2, 0.25) is 5.91 Å². The maximum atomic E-state index is 12.9. The fourth-order valence-corrected chi connectivity index (χ4v) is 3.62. The van der Waals surface area contributed by atoms with E-state index in [9.17, 15) is 4.79 Å². The Morgan fingerprint density at radius 2 is 1.84 bits per heavy atom. The Balaban J connectivity index is 1.47. The Morgan fingerprint density at radius 1 is 1.08 bits per heavy atom. The summed E-state index contributed by atoms with van der Waals surface area (Å²) in [6, 6.07) is 14.0. The lowest BCUT2D eigenvalue weighted by Crippen LogP contribution is -2.46. The van der Waals surface area contributed by atoms with Crippen molar-refractivity contribution in [1.82, 2.24) is 4.98 Å². The normalized spacial score (nSPS) is 19.1. The van der Waals surface area contributed by atoms with Crippen LogP contribution in [-0.2, 0) is 14.9 Å². The molecule has 1 saturated heterocycles. The molecule has 1 aromatic carbocycles. The predicted molar refractivity (Wildman–Crippen MR) is 97.9 cm³/mol. The van der Waals surface area contributed by atoms with Crippen molar-refractivity contribution >= 4 is 17.4 Å². The van der Waals surface area contributed by atoms with Gasteiger partial charge in [-0.3, -0.25) is 4.79 Å². The van der Waals surface area contributed by atoms with E-state index in [0.29, 0.717) is 0 Å². The number of anilines is 2. The lowest BCUT2D eigenvalue weighted by atomic mass is 9.64. The zero-order valence-electron chi connectivity index (χ0n) is 14.3. The van der Waals surface area contributed by atoms with Crippen molar-refractivity contribution in [3.63, 3.8) is 0 Å². The second-order valence-corrected chi connectivity index (χ2v) is 6.76. The number of morpholine rings is 1. The largest absolute Gasteiger partial charge is 0.378 e. The molecule has 1 amide bonds. The third-order valence-corrected chi connectivity index (χ3v) is 5.31. The van der Waals surface area contributed by atoms with E-state index in [-0.39, 0.29) is 11.3 Å². The Bertz CT molecular complexity index is 720. The second-order valence-electron chi connectivity index (χ2n) is 6.76. The van der Waals surface area contributed by atoms with Crippen LogP contribution in [-0.4, -0.2) is 37.2 Å². The molecule has 1 saturated carbocycles. The molecule has 2 fully saturated rings. The molecule has 1 aliphatic carbocycles. The van der Waals surface area contributed by atoms with Gasteiger partial charge in [0.05, 0.1) is 30.5 Å². The average molecular weight is 337 g/mol. The molecule has 25 heavy (non-hydrogen) atoms. The summed E-state index contributed by atoms with van der Waals surface area (Å²) < 4.78 is 5.37. The fraction of sp³-hybridized carbons (Fsp3) is 0.400. The highest BCUT2D eigenvalue weighted by Gasteiger charge is 2.45. The SMILES string of the molecule is O=C(Nc1ccc(N2CCOCC2)nc1)C1(c2ccccc2)CCC1. The number of hydrogen-bond donors (Lipinski definition) is 1. The lowest BCUT2D eigenvalue weighted by Gasteiger charge is -2.40. The summed E-state index contributed by atoms with van der Waals surface area (Å²) in [7, 11) is 0. The van der Waals surface area contributed by atoms with E-state index in [2.05, 4.69) is 27.3 Å². The topological polar surface area (TPSA) is 54.5 Å². The van der Waals surface area contributed by atoms with Gasteiger partial charge in [-0.05, 0) is 30.5 Å². The van der Waals surface area contributed by atoms with E-state index in [0.717, 1.165) is 62.6 Å². The molecular formula is C20H23N3O2. The summed E-state index contributed by atoms with van der Waals surface area (Å²) in [5.74, 6) is 1.01. The lowest BCUT2D eigenvalue weighted by molar-refractivity contribution is -0.124. The molecule has 1 N–H and O–H groups in total. The Labute approximate surface area is 148 Å². The summed E-state index contributed by atoms with van der Waals surface area (Å²) in [5.41, 5.74) is 1.48. The van der Waals surface area contributed by atoms with Crippen molar-refractivity contribution in [3.05, 3.63) is 54.2 Å². The predicted octanol–water partition coefficient (Wildman–Crippen LogP) is 2.98. The number of amides is 1. The Hall–Kier alpha value is -2.40. The Morgan fingerprint density at radius 3 is 2.44 bits per heavy atom. The highest BCUT2D eigenvalue weighted by molar-refractivity contribution is 5.99. The van der Waals surface area contributed by atoms with Crippen LogP contribution in [0.15, 0.2) is 48.7 Å². The fourth-order valence-electron chi connectivity index (χ4n) is 3.62. The van der Waals surface area contributed by atoms with Crippen molar-refractivity contribution in [1.29, 1.82) is 0 Å². The molecular weight excluding hydrogens is 314 g/mol. The highest BCUT2D eigenvalue weighted by Crippen LogP contribution is 2.44. The van der Waals surface area contributed by atoms with Crippen LogP contribution < -0.4 is 10.2 Å². The summed E-state index contributed by atoms with van der Waals surface area (Å²) in [6.07, 6.45) is 4.65. The van der Waals surface area contributed by atoms with Crippen LogP contribution in [0.3, 0.4) is 0 Å². The van der Waals surface area contributed by atoms with Crippen LogP contribution >= 0.6 is 0 Å². The first-order valence-electron chi connectivity index (χ1n) is 8.94. The number of pyridine rings is 1. The summed E-state index contributed by atoms with van der Waals surface area (Å²) in [5, 5.41) is 3.07. The number of nitrogens with zero attached hydrogens (tertiary/aromatic N) is 2. The number of hydrogen-bond acceptors (Lipinski definition) is 4. The van der Waals surface area contributed by atoms with Gasteiger partial charge in [-0.25, -0.2) is 4.98 Å². The van der Waals surface area contributed by atoms with Crippen molar-refractivity contribution in [2.75, 3.05) is 36.5 Å². The molecule has 1 aliphatic heterocycles. The molecule has 0 atom stereocenters. The van der Waals surface area contributed by atoms with E-state index in [1.54, 1.807) is 6.20 Å². The molecule has 5 heteroatoms. The molecule has 2 heterocycles. The molecule has 2 aliphatic rings. The average Bonchev–Trinajstić information content (AvgIpc) is 2.63. The minimum absolute atomic E-state index is 0.0749. The first-order valence-corrected chi connectivity index (χ1v) is 8.94.